The van der Waals surface area contributed by atoms with Gasteiger partial charge in [-0.3, -0.25) is 4.79 Å². The van der Waals surface area contributed by atoms with E-state index in [1.165, 1.54) is 0 Å². The number of hydrogen-bond donors (Lipinski definition) is 2. The highest BCUT2D eigenvalue weighted by molar-refractivity contribution is 5.72. The first-order valence-corrected chi connectivity index (χ1v) is 7.56. The summed E-state index contributed by atoms with van der Waals surface area (Å²) in [7, 11) is 0. The van der Waals surface area contributed by atoms with Crippen molar-refractivity contribution in [2.24, 2.45) is 11.8 Å². The monoisotopic (exact) mass is 271 g/mol. The van der Waals surface area contributed by atoms with Crippen molar-refractivity contribution in [3.63, 3.8) is 0 Å². The maximum Gasteiger partial charge on any atom is 0.308 e. The number of carbonyl (C=O) groups excluding carboxylic acids is 1. The van der Waals surface area contributed by atoms with Crippen LogP contribution in [-0.4, -0.2) is 36.4 Å². The van der Waals surface area contributed by atoms with Gasteiger partial charge < -0.3 is 15.2 Å². The van der Waals surface area contributed by atoms with Crippen molar-refractivity contribution in [2.45, 2.75) is 58.5 Å². The van der Waals surface area contributed by atoms with Crippen LogP contribution in [-0.2, 0) is 9.53 Å². The molecule has 112 valence electrons. The highest BCUT2D eigenvalue weighted by atomic mass is 16.5. The molecular weight excluding hydrogens is 242 g/mol. The Morgan fingerprint density at radius 2 is 2.05 bits per heavy atom. The van der Waals surface area contributed by atoms with Gasteiger partial charge in [0.2, 0.25) is 0 Å². The zero-order valence-corrected chi connectivity index (χ0v) is 12.6. The SMILES string of the molecule is CCOC(=O)C1CCC(O)(CNCCC(C)C)CC1. The smallest absolute Gasteiger partial charge is 0.308 e. The standard InChI is InChI=1S/C15H29NO3/c1-4-19-14(17)13-5-8-15(18,9-6-13)11-16-10-7-12(2)3/h12-13,16,18H,4-11H2,1-3H3. The van der Waals surface area contributed by atoms with Crippen LogP contribution in [0.15, 0.2) is 0 Å². The molecule has 0 unspecified atom stereocenters. The zero-order valence-electron chi connectivity index (χ0n) is 12.6. The van der Waals surface area contributed by atoms with E-state index in [0.29, 0.717) is 31.9 Å². The third kappa shape index (κ3) is 5.91. The van der Waals surface area contributed by atoms with E-state index in [1.807, 2.05) is 6.92 Å². The average Bonchev–Trinajstić information content (AvgIpc) is 2.36. The van der Waals surface area contributed by atoms with Crippen LogP contribution in [0, 0.1) is 11.8 Å². The Kier molecular flexibility index (Phi) is 6.80. The van der Waals surface area contributed by atoms with Crippen LogP contribution in [0.3, 0.4) is 0 Å². The van der Waals surface area contributed by atoms with Crippen molar-refractivity contribution in [1.82, 2.24) is 5.32 Å². The van der Waals surface area contributed by atoms with E-state index in [9.17, 15) is 9.90 Å². The summed E-state index contributed by atoms with van der Waals surface area (Å²) in [5.41, 5.74) is -0.639. The molecule has 2 N–H and O–H groups in total. The van der Waals surface area contributed by atoms with E-state index in [1.54, 1.807) is 0 Å². The highest BCUT2D eigenvalue weighted by Gasteiger charge is 2.35. The number of aliphatic hydroxyl groups is 1. The van der Waals surface area contributed by atoms with Crippen molar-refractivity contribution in [3.8, 4) is 0 Å². The van der Waals surface area contributed by atoms with Gasteiger partial charge >= 0.3 is 5.97 Å². The summed E-state index contributed by atoms with van der Waals surface area (Å²) in [6.45, 7) is 8.24. The van der Waals surface area contributed by atoms with E-state index >= 15 is 0 Å². The first-order chi connectivity index (χ1) is 8.97. The summed E-state index contributed by atoms with van der Waals surface area (Å²) in [5, 5.41) is 13.8. The second-order valence-electron chi connectivity index (χ2n) is 6.11. The summed E-state index contributed by atoms with van der Waals surface area (Å²) in [5.74, 6) is 0.565. The van der Waals surface area contributed by atoms with E-state index in [4.69, 9.17) is 4.74 Å². The van der Waals surface area contributed by atoms with Gasteiger partial charge in [0.1, 0.15) is 0 Å². The average molecular weight is 271 g/mol. The maximum atomic E-state index is 11.6. The fraction of sp³-hybridized carbons (Fsp3) is 0.933. The second kappa shape index (κ2) is 7.85. The molecule has 1 rings (SSSR count). The Morgan fingerprint density at radius 3 is 2.58 bits per heavy atom. The fourth-order valence-corrected chi connectivity index (χ4v) is 2.54. The largest absolute Gasteiger partial charge is 0.466 e. The Bertz CT molecular complexity index is 271. The molecule has 0 aromatic heterocycles. The highest BCUT2D eigenvalue weighted by Crippen LogP contribution is 2.32. The first-order valence-electron chi connectivity index (χ1n) is 7.56. The molecule has 1 aliphatic carbocycles. The molecule has 0 radical (unpaired) electrons. The van der Waals surface area contributed by atoms with Gasteiger partial charge in [-0.25, -0.2) is 0 Å². The third-order valence-electron chi connectivity index (χ3n) is 3.89. The summed E-state index contributed by atoms with van der Waals surface area (Å²) in [6, 6.07) is 0. The summed E-state index contributed by atoms with van der Waals surface area (Å²) < 4.78 is 5.04. The summed E-state index contributed by atoms with van der Waals surface area (Å²) in [4.78, 5) is 11.6. The molecule has 0 atom stereocenters. The topological polar surface area (TPSA) is 58.6 Å². The lowest BCUT2D eigenvalue weighted by atomic mass is 9.78. The fourth-order valence-electron chi connectivity index (χ4n) is 2.54. The predicted molar refractivity (Wildman–Crippen MR) is 75.9 cm³/mol. The lowest BCUT2D eigenvalue weighted by Gasteiger charge is -2.35. The van der Waals surface area contributed by atoms with Gasteiger partial charge in [-0.15, -0.1) is 0 Å². The normalized spacial score (nSPS) is 27.5. The molecule has 0 aromatic carbocycles. The van der Waals surface area contributed by atoms with Gasteiger partial charge in [-0.05, 0) is 51.5 Å². The Morgan fingerprint density at radius 1 is 1.42 bits per heavy atom. The van der Waals surface area contributed by atoms with Crippen LogP contribution in [0.4, 0.5) is 0 Å². The second-order valence-corrected chi connectivity index (χ2v) is 6.11. The van der Waals surface area contributed by atoms with Crippen LogP contribution in [0.1, 0.15) is 52.9 Å². The van der Waals surface area contributed by atoms with Crippen LogP contribution < -0.4 is 5.32 Å². The van der Waals surface area contributed by atoms with Gasteiger partial charge in [0, 0.05) is 6.54 Å². The number of nitrogens with one attached hydrogen (secondary N) is 1. The van der Waals surface area contributed by atoms with Gasteiger partial charge in [0.05, 0.1) is 18.1 Å². The minimum absolute atomic E-state index is 0.0177. The number of rotatable bonds is 7. The molecule has 0 saturated heterocycles. The van der Waals surface area contributed by atoms with Crippen molar-refractivity contribution < 1.29 is 14.6 Å². The molecule has 1 fully saturated rings. The van der Waals surface area contributed by atoms with E-state index in [0.717, 1.165) is 25.8 Å². The lowest BCUT2D eigenvalue weighted by molar-refractivity contribution is -0.151. The van der Waals surface area contributed by atoms with E-state index in [2.05, 4.69) is 19.2 Å². The van der Waals surface area contributed by atoms with Crippen molar-refractivity contribution in [3.05, 3.63) is 0 Å². The van der Waals surface area contributed by atoms with Crippen molar-refractivity contribution in [1.29, 1.82) is 0 Å². The molecule has 1 aliphatic rings. The minimum atomic E-state index is -0.639. The van der Waals surface area contributed by atoms with Gasteiger partial charge in [0.25, 0.3) is 0 Å². The van der Waals surface area contributed by atoms with Crippen LogP contribution in [0.5, 0.6) is 0 Å². The predicted octanol–water partition coefficient (Wildman–Crippen LogP) is 2.11. The molecule has 0 spiro atoms. The molecule has 4 heteroatoms. The van der Waals surface area contributed by atoms with Crippen LogP contribution in [0.25, 0.3) is 0 Å². The molecule has 4 nitrogen and oxygen atoms in total. The minimum Gasteiger partial charge on any atom is -0.466 e. The third-order valence-corrected chi connectivity index (χ3v) is 3.89. The summed E-state index contributed by atoms with van der Waals surface area (Å²) in [6.07, 6.45) is 3.97. The van der Waals surface area contributed by atoms with Gasteiger partial charge in [-0.2, -0.15) is 0 Å². The Hall–Kier alpha value is -0.610. The van der Waals surface area contributed by atoms with E-state index < -0.39 is 5.60 Å². The number of hydrogen-bond acceptors (Lipinski definition) is 4. The van der Waals surface area contributed by atoms with Crippen molar-refractivity contribution >= 4 is 5.97 Å². The Balaban J connectivity index is 2.25. The molecule has 0 heterocycles. The van der Waals surface area contributed by atoms with E-state index in [-0.39, 0.29) is 11.9 Å². The molecule has 0 aliphatic heterocycles. The quantitative estimate of drug-likeness (QED) is 0.550. The maximum absolute atomic E-state index is 11.6. The first kappa shape index (κ1) is 16.4. The molecule has 1 saturated carbocycles. The Labute approximate surface area is 116 Å². The number of ether oxygens (including phenoxy) is 1. The van der Waals surface area contributed by atoms with Gasteiger partial charge in [-0.1, -0.05) is 13.8 Å². The number of esters is 1. The molecule has 0 amide bonds. The zero-order chi connectivity index (χ0) is 14.3. The molecule has 0 aromatic rings. The van der Waals surface area contributed by atoms with Crippen LogP contribution >= 0.6 is 0 Å². The van der Waals surface area contributed by atoms with Gasteiger partial charge in [0.15, 0.2) is 0 Å². The number of carbonyl (C=O) groups is 1. The van der Waals surface area contributed by atoms with Crippen LogP contribution in [0.2, 0.25) is 0 Å². The molecular formula is C15H29NO3. The van der Waals surface area contributed by atoms with Crippen molar-refractivity contribution in [2.75, 3.05) is 19.7 Å². The summed E-state index contributed by atoms with van der Waals surface area (Å²) >= 11 is 0. The molecule has 0 bridgehead atoms. The lowest BCUT2D eigenvalue weighted by Crippen LogP contribution is -2.45. The molecule has 19 heavy (non-hydrogen) atoms.